The molecule has 4 heteroatoms. The second-order valence-corrected chi connectivity index (χ2v) is 3.22. The van der Waals surface area contributed by atoms with E-state index in [4.69, 9.17) is 0 Å². The topological polar surface area (TPSA) is 49.0 Å². The monoisotopic (exact) mass is 165 g/mol. The third-order valence-electron chi connectivity index (χ3n) is 2.36. The van der Waals surface area contributed by atoms with Gasteiger partial charge < -0.3 is 4.90 Å². The molecule has 1 unspecified atom stereocenters. The Morgan fingerprint density at radius 2 is 2.50 bits per heavy atom. The van der Waals surface area contributed by atoms with Gasteiger partial charge in [0.25, 0.3) is 0 Å². The lowest BCUT2D eigenvalue weighted by molar-refractivity contribution is -0.132. The number of nitrogens with one attached hydrogen (secondary N) is 1. The summed E-state index contributed by atoms with van der Waals surface area (Å²) in [5.41, 5.74) is 2.10. The first-order valence-corrected chi connectivity index (χ1v) is 3.97. The molecular weight excluding hydrogens is 154 g/mol. The Morgan fingerprint density at radius 1 is 1.75 bits per heavy atom. The van der Waals surface area contributed by atoms with Crippen LogP contribution in [-0.2, 0) is 11.3 Å². The van der Waals surface area contributed by atoms with E-state index in [0.717, 1.165) is 11.3 Å². The van der Waals surface area contributed by atoms with Crippen LogP contribution in [-0.4, -0.2) is 28.1 Å². The van der Waals surface area contributed by atoms with E-state index in [9.17, 15) is 4.79 Å². The van der Waals surface area contributed by atoms with Gasteiger partial charge in [0, 0.05) is 12.6 Å². The standard InChI is InChI=1S/C8H11N3O/c1-5-6-3-9-10-7(6)4-11(2)8(5)12/h3,5H,4H2,1-2H3,(H,9,10). The first-order chi connectivity index (χ1) is 5.70. The molecular formula is C8H11N3O. The van der Waals surface area contributed by atoms with Crippen LogP contribution in [0.25, 0.3) is 0 Å². The maximum absolute atomic E-state index is 11.5. The summed E-state index contributed by atoms with van der Waals surface area (Å²) >= 11 is 0. The number of amides is 1. The summed E-state index contributed by atoms with van der Waals surface area (Å²) in [7, 11) is 1.81. The second kappa shape index (κ2) is 2.33. The minimum atomic E-state index is -0.0440. The molecule has 2 heterocycles. The van der Waals surface area contributed by atoms with Crippen molar-refractivity contribution in [3.63, 3.8) is 0 Å². The lowest BCUT2D eigenvalue weighted by Gasteiger charge is -2.26. The summed E-state index contributed by atoms with van der Waals surface area (Å²) in [6.45, 7) is 2.56. The van der Waals surface area contributed by atoms with Gasteiger partial charge in [-0.05, 0) is 6.92 Å². The van der Waals surface area contributed by atoms with Crippen molar-refractivity contribution < 1.29 is 4.79 Å². The van der Waals surface area contributed by atoms with Gasteiger partial charge in [0.15, 0.2) is 0 Å². The zero-order chi connectivity index (χ0) is 8.72. The van der Waals surface area contributed by atoms with Crippen LogP contribution in [0.15, 0.2) is 6.20 Å². The highest BCUT2D eigenvalue weighted by Gasteiger charge is 2.28. The largest absolute Gasteiger partial charge is 0.339 e. The quantitative estimate of drug-likeness (QED) is 0.608. The molecule has 0 radical (unpaired) electrons. The number of carbonyl (C=O) groups is 1. The average molecular weight is 165 g/mol. The molecule has 1 amide bonds. The molecule has 0 fully saturated rings. The van der Waals surface area contributed by atoms with Gasteiger partial charge in [-0.2, -0.15) is 5.10 Å². The number of likely N-dealkylation sites (N-methyl/N-ethyl adjacent to an activating group) is 1. The smallest absolute Gasteiger partial charge is 0.230 e. The zero-order valence-corrected chi connectivity index (χ0v) is 7.16. The Morgan fingerprint density at radius 3 is 3.25 bits per heavy atom. The predicted octanol–water partition coefficient (Wildman–Crippen LogP) is 0.485. The van der Waals surface area contributed by atoms with Crippen molar-refractivity contribution in [2.75, 3.05) is 7.05 Å². The van der Waals surface area contributed by atoms with Gasteiger partial charge >= 0.3 is 0 Å². The fraction of sp³-hybridized carbons (Fsp3) is 0.500. The SMILES string of the molecule is CC1C(=O)N(C)Cc2[nH]ncc21. The Labute approximate surface area is 70.6 Å². The van der Waals surface area contributed by atoms with Crippen molar-refractivity contribution in [1.82, 2.24) is 15.1 Å². The van der Waals surface area contributed by atoms with E-state index in [1.807, 2.05) is 14.0 Å². The number of carbonyl (C=O) groups excluding carboxylic acids is 1. The normalized spacial score (nSPS) is 22.7. The molecule has 1 aliphatic rings. The molecule has 0 bridgehead atoms. The van der Waals surface area contributed by atoms with Gasteiger partial charge in [-0.3, -0.25) is 9.89 Å². The van der Waals surface area contributed by atoms with Crippen LogP contribution in [0.4, 0.5) is 0 Å². The van der Waals surface area contributed by atoms with Crippen LogP contribution in [0.2, 0.25) is 0 Å². The number of hydrogen-bond acceptors (Lipinski definition) is 2. The fourth-order valence-corrected chi connectivity index (χ4v) is 1.60. The van der Waals surface area contributed by atoms with Crippen molar-refractivity contribution >= 4 is 5.91 Å². The summed E-state index contributed by atoms with van der Waals surface area (Å²) in [5.74, 6) is 0.126. The van der Waals surface area contributed by atoms with Crippen LogP contribution in [0.5, 0.6) is 0 Å². The molecule has 0 spiro atoms. The molecule has 1 atom stereocenters. The van der Waals surface area contributed by atoms with Crippen LogP contribution in [0.1, 0.15) is 24.1 Å². The average Bonchev–Trinajstić information content (AvgIpc) is 2.48. The number of H-pyrrole nitrogens is 1. The van der Waals surface area contributed by atoms with E-state index in [2.05, 4.69) is 10.2 Å². The number of rotatable bonds is 0. The Kier molecular flexibility index (Phi) is 1.43. The number of aromatic amines is 1. The first kappa shape index (κ1) is 7.34. The minimum Gasteiger partial charge on any atom is -0.339 e. The molecule has 0 saturated heterocycles. The Balaban J connectivity index is 2.45. The fourth-order valence-electron chi connectivity index (χ4n) is 1.60. The van der Waals surface area contributed by atoms with Crippen molar-refractivity contribution in [2.45, 2.75) is 19.4 Å². The molecule has 0 aromatic carbocycles. The van der Waals surface area contributed by atoms with Crippen LogP contribution < -0.4 is 0 Å². The summed E-state index contributed by atoms with van der Waals surface area (Å²) < 4.78 is 0. The van der Waals surface area contributed by atoms with Crippen LogP contribution >= 0.6 is 0 Å². The van der Waals surface area contributed by atoms with E-state index in [-0.39, 0.29) is 11.8 Å². The zero-order valence-electron chi connectivity index (χ0n) is 7.16. The summed E-state index contributed by atoms with van der Waals surface area (Å²) in [6, 6.07) is 0. The van der Waals surface area contributed by atoms with E-state index in [1.54, 1.807) is 11.1 Å². The van der Waals surface area contributed by atoms with Crippen molar-refractivity contribution in [1.29, 1.82) is 0 Å². The van der Waals surface area contributed by atoms with E-state index in [0.29, 0.717) is 6.54 Å². The predicted molar refractivity (Wildman–Crippen MR) is 43.5 cm³/mol. The minimum absolute atomic E-state index is 0.0440. The number of nitrogens with zero attached hydrogens (tertiary/aromatic N) is 2. The summed E-state index contributed by atoms with van der Waals surface area (Å²) in [6.07, 6.45) is 1.74. The lowest BCUT2D eigenvalue weighted by Crippen LogP contribution is -2.34. The summed E-state index contributed by atoms with van der Waals surface area (Å²) in [4.78, 5) is 13.2. The molecule has 1 aromatic heterocycles. The van der Waals surface area contributed by atoms with Gasteiger partial charge in [0.2, 0.25) is 5.91 Å². The van der Waals surface area contributed by atoms with Crippen molar-refractivity contribution in [2.24, 2.45) is 0 Å². The molecule has 0 saturated carbocycles. The van der Waals surface area contributed by atoms with Gasteiger partial charge in [0.1, 0.15) is 0 Å². The molecule has 0 aliphatic carbocycles. The van der Waals surface area contributed by atoms with Crippen molar-refractivity contribution in [3.05, 3.63) is 17.5 Å². The van der Waals surface area contributed by atoms with E-state index < -0.39 is 0 Å². The molecule has 1 N–H and O–H groups in total. The lowest BCUT2D eigenvalue weighted by atomic mass is 9.97. The third kappa shape index (κ3) is 0.841. The molecule has 1 aliphatic heterocycles. The maximum Gasteiger partial charge on any atom is 0.230 e. The van der Waals surface area contributed by atoms with Gasteiger partial charge in [-0.1, -0.05) is 0 Å². The number of fused-ring (bicyclic) bond motifs is 1. The van der Waals surface area contributed by atoms with Gasteiger partial charge in [-0.15, -0.1) is 0 Å². The molecule has 64 valence electrons. The second-order valence-electron chi connectivity index (χ2n) is 3.22. The molecule has 1 aromatic rings. The third-order valence-corrected chi connectivity index (χ3v) is 2.36. The number of aromatic nitrogens is 2. The van der Waals surface area contributed by atoms with E-state index >= 15 is 0 Å². The first-order valence-electron chi connectivity index (χ1n) is 3.97. The highest BCUT2D eigenvalue weighted by molar-refractivity contribution is 5.84. The highest BCUT2D eigenvalue weighted by Crippen LogP contribution is 2.25. The van der Waals surface area contributed by atoms with Crippen LogP contribution in [0.3, 0.4) is 0 Å². The number of hydrogen-bond donors (Lipinski definition) is 1. The van der Waals surface area contributed by atoms with Crippen LogP contribution in [0, 0.1) is 0 Å². The molecule has 2 rings (SSSR count). The summed E-state index contributed by atoms with van der Waals surface area (Å²) in [5, 5.41) is 6.81. The van der Waals surface area contributed by atoms with E-state index in [1.165, 1.54) is 0 Å². The Bertz CT molecular complexity index is 318. The van der Waals surface area contributed by atoms with Gasteiger partial charge in [-0.25, -0.2) is 0 Å². The maximum atomic E-state index is 11.5. The van der Waals surface area contributed by atoms with Crippen molar-refractivity contribution in [3.8, 4) is 0 Å². The molecule has 12 heavy (non-hydrogen) atoms. The molecule has 4 nitrogen and oxygen atoms in total. The highest BCUT2D eigenvalue weighted by atomic mass is 16.2. The van der Waals surface area contributed by atoms with Gasteiger partial charge in [0.05, 0.1) is 24.4 Å². The Hall–Kier alpha value is -1.32.